The van der Waals surface area contributed by atoms with E-state index in [0.717, 1.165) is 31.4 Å². The predicted octanol–water partition coefficient (Wildman–Crippen LogP) is 3.65. The van der Waals surface area contributed by atoms with Crippen molar-refractivity contribution in [2.24, 2.45) is 23.2 Å². The summed E-state index contributed by atoms with van der Waals surface area (Å²) in [6, 6.07) is 0. The number of rotatable bonds is 7. The Morgan fingerprint density at radius 1 is 1.40 bits per heavy atom. The first kappa shape index (κ1) is 17.8. The zero-order valence-electron chi connectivity index (χ0n) is 13.3. The van der Waals surface area contributed by atoms with Crippen LogP contribution in [0.25, 0.3) is 0 Å². The Bertz CT molecular complexity index is 317. The van der Waals surface area contributed by atoms with E-state index in [4.69, 9.17) is 5.11 Å². The lowest BCUT2D eigenvalue weighted by Gasteiger charge is -2.42. The third-order valence-electron chi connectivity index (χ3n) is 5.03. The van der Waals surface area contributed by atoms with Crippen LogP contribution in [-0.4, -0.2) is 33.8 Å². The first-order valence-electron chi connectivity index (χ1n) is 7.77. The minimum Gasteiger partial charge on any atom is -0.481 e. The predicted molar refractivity (Wildman–Crippen MR) is 85.0 cm³/mol. The second-order valence-corrected chi connectivity index (χ2v) is 8.23. The summed E-state index contributed by atoms with van der Waals surface area (Å²) in [6.45, 7) is 9.02. The summed E-state index contributed by atoms with van der Waals surface area (Å²) >= 11 is 1.76. The standard InChI is InChI=1S/C16H30O3S/c1-5-16(3,4)12-6-7-13(15(18)19)14(8-12)20-10-11(2)9-17/h11-14,17H,5-10H2,1-4H3,(H,18,19). The molecule has 1 saturated carbocycles. The Hall–Kier alpha value is -0.220. The van der Waals surface area contributed by atoms with Gasteiger partial charge in [0.25, 0.3) is 0 Å². The fourth-order valence-electron chi connectivity index (χ4n) is 2.93. The highest BCUT2D eigenvalue weighted by atomic mass is 32.2. The number of hydrogen-bond donors (Lipinski definition) is 2. The third kappa shape index (κ3) is 4.66. The van der Waals surface area contributed by atoms with Crippen molar-refractivity contribution in [3.8, 4) is 0 Å². The fraction of sp³-hybridized carbons (Fsp3) is 0.938. The molecule has 4 unspecified atom stereocenters. The molecule has 0 aromatic heterocycles. The van der Waals surface area contributed by atoms with Crippen LogP contribution in [0.5, 0.6) is 0 Å². The van der Waals surface area contributed by atoms with E-state index in [1.54, 1.807) is 11.8 Å². The second kappa shape index (κ2) is 7.69. The van der Waals surface area contributed by atoms with E-state index in [9.17, 15) is 9.90 Å². The van der Waals surface area contributed by atoms with Gasteiger partial charge in [-0.15, -0.1) is 0 Å². The van der Waals surface area contributed by atoms with Crippen LogP contribution >= 0.6 is 11.8 Å². The van der Waals surface area contributed by atoms with E-state index in [1.165, 1.54) is 0 Å². The fourth-order valence-corrected chi connectivity index (χ4v) is 4.47. The Morgan fingerprint density at radius 3 is 2.55 bits per heavy atom. The number of carboxylic acids is 1. The van der Waals surface area contributed by atoms with Crippen LogP contribution in [-0.2, 0) is 4.79 Å². The molecule has 0 bridgehead atoms. The molecule has 0 radical (unpaired) electrons. The van der Waals surface area contributed by atoms with Gasteiger partial charge in [-0.25, -0.2) is 0 Å². The third-order valence-corrected chi connectivity index (χ3v) is 6.74. The van der Waals surface area contributed by atoms with Gasteiger partial charge in [-0.05, 0) is 42.3 Å². The number of aliphatic hydroxyl groups excluding tert-OH is 1. The van der Waals surface area contributed by atoms with Crippen LogP contribution in [0.3, 0.4) is 0 Å². The molecule has 0 aromatic carbocycles. The Balaban J connectivity index is 2.69. The molecule has 0 heterocycles. The lowest BCUT2D eigenvalue weighted by atomic mass is 9.67. The van der Waals surface area contributed by atoms with Gasteiger partial charge in [0.15, 0.2) is 0 Å². The van der Waals surface area contributed by atoms with Crippen LogP contribution < -0.4 is 0 Å². The number of hydrogen-bond acceptors (Lipinski definition) is 3. The molecule has 118 valence electrons. The van der Waals surface area contributed by atoms with Crippen molar-refractivity contribution < 1.29 is 15.0 Å². The summed E-state index contributed by atoms with van der Waals surface area (Å²) in [4.78, 5) is 11.4. The lowest BCUT2D eigenvalue weighted by molar-refractivity contribution is -0.143. The number of carboxylic acid groups (broad SMARTS) is 1. The molecule has 1 fully saturated rings. The molecular formula is C16H30O3S. The SMILES string of the molecule is CCC(C)(C)C1CCC(C(=O)O)C(SCC(C)CO)C1. The van der Waals surface area contributed by atoms with Gasteiger partial charge in [-0.1, -0.05) is 34.1 Å². The summed E-state index contributed by atoms with van der Waals surface area (Å²) in [5.41, 5.74) is 0.297. The number of aliphatic hydroxyl groups is 1. The Labute approximate surface area is 127 Å². The highest BCUT2D eigenvalue weighted by Crippen LogP contribution is 2.45. The lowest BCUT2D eigenvalue weighted by Crippen LogP contribution is -2.38. The molecule has 0 spiro atoms. The van der Waals surface area contributed by atoms with E-state index in [-0.39, 0.29) is 23.7 Å². The summed E-state index contributed by atoms with van der Waals surface area (Å²) in [5, 5.41) is 18.7. The topological polar surface area (TPSA) is 57.5 Å². The maximum Gasteiger partial charge on any atom is 0.307 e. The molecule has 0 aromatic rings. The molecule has 0 aliphatic heterocycles. The Morgan fingerprint density at radius 2 is 2.05 bits per heavy atom. The molecule has 0 saturated heterocycles. The van der Waals surface area contributed by atoms with Crippen LogP contribution in [0.1, 0.15) is 53.4 Å². The quantitative estimate of drug-likeness (QED) is 0.753. The molecule has 2 N–H and O–H groups in total. The van der Waals surface area contributed by atoms with Crippen LogP contribution in [0, 0.1) is 23.2 Å². The monoisotopic (exact) mass is 302 g/mol. The molecule has 20 heavy (non-hydrogen) atoms. The molecule has 3 nitrogen and oxygen atoms in total. The van der Waals surface area contributed by atoms with Crippen LogP contribution in [0.15, 0.2) is 0 Å². The normalized spacial score (nSPS) is 29.1. The smallest absolute Gasteiger partial charge is 0.307 e. The van der Waals surface area contributed by atoms with E-state index in [0.29, 0.717) is 11.3 Å². The molecule has 1 aliphatic carbocycles. The van der Waals surface area contributed by atoms with Crippen molar-refractivity contribution in [1.82, 2.24) is 0 Å². The van der Waals surface area contributed by atoms with Crippen molar-refractivity contribution in [3.05, 3.63) is 0 Å². The molecule has 0 amide bonds. The summed E-state index contributed by atoms with van der Waals surface area (Å²) in [7, 11) is 0. The average Bonchev–Trinajstić information content (AvgIpc) is 2.44. The maximum atomic E-state index is 11.4. The van der Waals surface area contributed by atoms with Gasteiger partial charge in [0.1, 0.15) is 0 Å². The summed E-state index contributed by atoms with van der Waals surface area (Å²) in [6.07, 6.45) is 3.97. The maximum absolute atomic E-state index is 11.4. The largest absolute Gasteiger partial charge is 0.481 e. The highest BCUT2D eigenvalue weighted by Gasteiger charge is 2.40. The average molecular weight is 302 g/mol. The van der Waals surface area contributed by atoms with E-state index < -0.39 is 5.97 Å². The van der Waals surface area contributed by atoms with Crippen molar-refractivity contribution >= 4 is 17.7 Å². The van der Waals surface area contributed by atoms with E-state index in [1.807, 2.05) is 6.92 Å². The van der Waals surface area contributed by atoms with Gasteiger partial charge in [-0.3, -0.25) is 4.79 Å². The minimum atomic E-state index is -0.646. The van der Waals surface area contributed by atoms with Crippen molar-refractivity contribution in [3.63, 3.8) is 0 Å². The second-order valence-electron chi connectivity index (χ2n) is 6.96. The van der Waals surface area contributed by atoms with Crippen LogP contribution in [0.4, 0.5) is 0 Å². The molecular weight excluding hydrogens is 272 g/mol. The zero-order valence-corrected chi connectivity index (χ0v) is 14.1. The zero-order chi connectivity index (χ0) is 15.3. The van der Waals surface area contributed by atoms with Gasteiger partial charge >= 0.3 is 5.97 Å². The summed E-state index contributed by atoms with van der Waals surface area (Å²) < 4.78 is 0. The molecule has 1 aliphatic rings. The minimum absolute atomic E-state index is 0.182. The molecule has 1 rings (SSSR count). The van der Waals surface area contributed by atoms with E-state index in [2.05, 4.69) is 20.8 Å². The van der Waals surface area contributed by atoms with Gasteiger partial charge < -0.3 is 10.2 Å². The number of thioether (sulfide) groups is 1. The van der Waals surface area contributed by atoms with Gasteiger partial charge in [0.05, 0.1) is 5.92 Å². The summed E-state index contributed by atoms with van der Waals surface area (Å²) in [5.74, 6) is 0.852. The first-order chi connectivity index (χ1) is 9.31. The van der Waals surface area contributed by atoms with Crippen molar-refractivity contribution in [1.29, 1.82) is 0 Å². The number of carbonyl (C=O) groups is 1. The van der Waals surface area contributed by atoms with Crippen LogP contribution in [0.2, 0.25) is 0 Å². The van der Waals surface area contributed by atoms with Crippen molar-refractivity contribution in [2.45, 2.75) is 58.6 Å². The highest BCUT2D eigenvalue weighted by molar-refractivity contribution is 7.99. The molecule has 4 atom stereocenters. The van der Waals surface area contributed by atoms with Crippen molar-refractivity contribution in [2.75, 3.05) is 12.4 Å². The number of aliphatic carboxylic acids is 1. The van der Waals surface area contributed by atoms with Gasteiger partial charge in [0, 0.05) is 11.9 Å². The molecule has 4 heteroatoms. The van der Waals surface area contributed by atoms with Gasteiger partial charge in [0.2, 0.25) is 0 Å². The van der Waals surface area contributed by atoms with Gasteiger partial charge in [-0.2, -0.15) is 11.8 Å². The first-order valence-corrected chi connectivity index (χ1v) is 8.82. The van der Waals surface area contributed by atoms with E-state index >= 15 is 0 Å². The Kier molecular flexibility index (Phi) is 6.86.